The summed E-state index contributed by atoms with van der Waals surface area (Å²) >= 11 is 0. The second kappa shape index (κ2) is 3.72. The average molecular weight is 193 g/mol. The van der Waals surface area contributed by atoms with Crippen LogP contribution in [0.5, 0.6) is 0 Å². The van der Waals surface area contributed by atoms with Crippen molar-refractivity contribution in [3.63, 3.8) is 0 Å². The molecular weight excluding hydrogens is 178 g/mol. The highest BCUT2D eigenvalue weighted by molar-refractivity contribution is 7.92. The fraction of sp³-hybridized carbons (Fsp3) is 1.00. The molecule has 1 aliphatic carbocycles. The number of aliphatic hydroxyl groups is 1. The zero-order valence-electron chi connectivity index (χ0n) is 7.16. The van der Waals surface area contributed by atoms with E-state index in [9.17, 15) is 8.42 Å². The molecule has 1 aliphatic rings. The molecule has 1 fully saturated rings. The maximum atomic E-state index is 11.3. The van der Waals surface area contributed by atoms with Gasteiger partial charge in [-0.05, 0) is 19.9 Å². The van der Waals surface area contributed by atoms with Gasteiger partial charge in [-0.1, -0.05) is 0 Å². The van der Waals surface area contributed by atoms with Crippen LogP contribution in [0.25, 0.3) is 0 Å². The third-order valence-electron chi connectivity index (χ3n) is 2.39. The van der Waals surface area contributed by atoms with Crippen LogP contribution in [0, 0.1) is 0 Å². The SMILES string of the molecule is CN[C@H]1C[C@H](S(=O)(=O)CCO)C1. The standard InChI is InChI=1S/C7H15NO3S/c1-8-6-4-7(5-6)12(10,11)3-2-9/h6-9H,2-5H2,1H3/t6-,7-. The highest BCUT2D eigenvalue weighted by Gasteiger charge is 2.37. The molecule has 0 heterocycles. The molecular formula is C7H15NO3S. The van der Waals surface area contributed by atoms with Crippen molar-refractivity contribution in [2.45, 2.75) is 24.1 Å². The Labute approximate surface area is 72.9 Å². The zero-order valence-corrected chi connectivity index (χ0v) is 7.97. The number of hydrogen-bond donors (Lipinski definition) is 2. The summed E-state index contributed by atoms with van der Waals surface area (Å²) in [5, 5.41) is 11.3. The summed E-state index contributed by atoms with van der Waals surface area (Å²) in [4.78, 5) is 0. The van der Waals surface area contributed by atoms with Gasteiger partial charge in [-0.25, -0.2) is 8.42 Å². The van der Waals surface area contributed by atoms with Crippen LogP contribution >= 0.6 is 0 Å². The minimum Gasteiger partial charge on any atom is -0.395 e. The smallest absolute Gasteiger partial charge is 0.155 e. The highest BCUT2D eigenvalue weighted by Crippen LogP contribution is 2.26. The molecule has 2 N–H and O–H groups in total. The quantitative estimate of drug-likeness (QED) is 0.610. The largest absolute Gasteiger partial charge is 0.395 e. The predicted molar refractivity (Wildman–Crippen MR) is 46.7 cm³/mol. The average Bonchev–Trinajstić information content (AvgIpc) is 1.83. The van der Waals surface area contributed by atoms with Crippen LogP contribution in [0.1, 0.15) is 12.8 Å². The predicted octanol–water partition coefficient (Wildman–Crippen LogP) is -0.856. The normalized spacial score (nSPS) is 29.8. The number of aliphatic hydroxyl groups excluding tert-OH is 1. The molecule has 5 heteroatoms. The molecule has 1 rings (SSSR count). The molecule has 0 aromatic heterocycles. The van der Waals surface area contributed by atoms with Crippen LogP contribution in [-0.4, -0.2) is 44.2 Å². The van der Waals surface area contributed by atoms with Gasteiger partial charge in [0.15, 0.2) is 9.84 Å². The Morgan fingerprint density at radius 1 is 1.50 bits per heavy atom. The van der Waals surface area contributed by atoms with Crippen molar-refractivity contribution in [3.05, 3.63) is 0 Å². The van der Waals surface area contributed by atoms with Crippen molar-refractivity contribution < 1.29 is 13.5 Å². The number of nitrogens with one attached hydrogen (secondary N) is 1. The van der Waals surface area contributed by atoms with Crippen molar-refractivity contribution in [2.75, 3.05) is 19.4 Å². The first-order chi connectivity index (χ1) is 5.60. The minimum absolute atomic E-state index is 0.0892. The molecule has 1 saturated carbocycles. The van der Waals surface area contributed by atoms with Gasteiger partial charge in [-0.3, -0.25) is 0 Å². The summed E-state index contributed by atoms with van der Waals surface area (Å²) in [6.45, 7) is -0.261. The Bertz CT molecular complexity index is 231. The van der Waals surface area contributed by atoms with E-state index in [0.29, 0.717) is 18.9 Å². The van der Waals surface area contributed by atoms with E-state index in [2.05, 4.69) is 5.32 Å². The van der Waals surface area contributed by atoms with E-state index in [0.717, 1.165) is 0 Å². The Morgan fingerprint density at radius 3 is 2.50 bits per heavy atom. The van der Waals surface area contributed by atoms with Crippen molar-refractivity contribution >= 4 is 9.84 Å². The van der Waals surface area contributed by atoms with Gasteiger partial charge in [0.1, 0.15) is 0 Å². The lowest BCUT2D eigenvalue weighted by atomic mass is 9.93. The summed E-state index contributed by atoms with van der Waals surface area (Å²) in [7, 11) is -1.17. The van der Waals surface area contributed by atoms with Crippen LogP contribution in [0.15, 0.2) is 0 Å². The Morgan fingerprint density at radius 2 is 2.08 bits per heavy atom. The van der Waals surface area contributed by atoms with E-state index in [1.54, 1.807) is 0 Å². The van der Waals surface area contributed by atoms with E-state index in [1.165, 1.54) is 0 Å². The fourth-order valence-electron chi connectivity index (χ4n) is 1.39. The number of sulfone groups is 1. The van der Waals surface area contributed by atoms with Gasteiger partial charge in [0.05, 0.1) is 17.6 Å². The maximum Gasteiger partial charge on any atom is 0.155 e. The van der Waals surface area contributed by atoms with Crippen LogP contribution < -0.4 is 5.32 Å². The Kier molecular flexibility index (Phi) is 3.09. The molecule has 0 saturated heterocycles. The number of rotatable bonds is 4. The third kappa shape index (κ3) is 1.97. The molecule has 0 radical (unpaired) electrons. The molecule has 0 atom stereocenters. The minimum atomic E-state index is -3.01. The van der Waals surface area contributed by atoms with Crippen molar-refractivity contribution in [2.24, 2.45) is 0 Å². The van der Waals surface area contributed by atoms with E-state index in [-0.39, 0.29) is 17.6 Å². The Balaban J connectivity index is 2.41. The highest BCUT2D eigenvalue weighted by atomic mass is 32.2. The van der Waals surface area contributed by atoms with Gasteiger partial charge >= 0.3 is 0 Å². The van der Waals surface area contributed by atoms with Gasteiger partial charge in [0.2, 0.25) is 0 Å². The van der Waals surface area contributed by atoms with Gasteiger partial charge < -0.3 is 10.4 Å². The first kappa shape index (κ1) is 9.95. The molecule has 4 nitrogen and oxygen atoms in total. The fourth-order valence-corrected chi connectivity index (χ4v) is 3.03. The van der Waals surface area contributed by atoms with Gasteiger partial charge in [0, 0.05) is 6.04 Å². The molecule has 0 unspecified atom stereocenters. The lowest BCUT2D eigenvalue weighted by Gasteiger charge is -2.34. The van der Waals surface area contributed by atoms with Crippen LogP contribution in [0.3, 0.4) is 0 Å². The molecule has 72 valence electrons. The molecule has 0 amide bonds. The summed E-state index contributed by atoms with van der Waals surface area (Å²) in [6, 6.07) is 0.350. The lowest BCUT2D eigenvalue weighted by Crippen LogP contribution is -2.47. The van der Waals surface area contributed by atoms with Gasteiger partial charge in [-0.2, -0.15) is 0 Å². The monoisotopic (exact) mass is 193 g/mol. The molecule has 0 aliphatic heterocycles. The van der Waals surface area contributed by atoms with Crippen molar-refractivity contribution in [1.82, 2.24) is 5.32 Å². The molecule has 0 bridgehead atoms. The molecule has 12 heavy (non-hydrogen) atoms. The van der Waals surface area contributed by atoms with Crippen molar-refractivity contribution in [1.29, 1.82) is 0 Å². The lowest BCUT2D eigenvalue weighted by molar-refractivity contribution is 0.314. The van der Waals surface area contributed by atoms with Crippen LogP contribution in [-0.2, 0) is 9.84 Å². The maximum absolute atomic E-state index is 11.3. The second-order valence-corrected chi connectivity index (χ2v) is 5.57. The second-order valence-electron chi connectivity index (χ2n) is 3.17. The molecule has 0 aromatic rings. The molecule has 0 spiro atoms. The van der Waals surface area contributed by atoms with Crippen LogP contribution in [0.4, 0.5) is 0 Å². The first-order valence-electron chi connectivity index (χ1n) is 4.10. The molecule has 0 aromatic carbocycles. The third-order valence-corrected chi connectivity index (χ3v) is 4.54. The summed E-state index contributed by atoms with van der Waals surface area (Å²) in [6.07, 6.45) is 1.39. The topological polar surface area (TPSA) is 66.4 Å². The van der Waals surface area contributed by atoms with Gasteiger partial charge in [-0.15, -0.1) is 0 Å². The van der Waals surface area contributed by atoms with Crippen LogP contribution in [0.2, 0.25) is 0 Å². The van der Waals surface area contributed by atoms with E-state index < -0.39 is 9.84 Å². The van der Waals surface area contributed by atoms with Crippen molar-refractivity contribution in [3.8, 4) is 0 Å². The Hall–Kier alpha value is -0.130. The number of hydrogen-bond acceptors (Lipinski definition) is 4. The first-order valence-corrected chi connectivity index (χ1v) is 5.81. The summed E-state index contributed by atoms with van der Waals surface area (Å²) in [5.74, 6) is -0.0892. The zero-order chi connectivity index (χ0) is 9.19. The van der Waals surface area contributed by atoms with E-state index in [4.69, 9.17) is 5.11 Å². The van der Waals surface area contributed by atoms with E-state index >= 15 is 0 Å². The summed E-state index contributed by atoms with van der Waals surface area (Å²) in [5.41, 5.74) is 0. The van der Waals surface area contributed by atoms with Gasteiger partial charge in [0.25, 0.3) is 0 Å². The summed E-state index contributed by atoms with van der Waals surface area (Å²) < 4.78 is 22.6. The van der Waals surface area contributed by atoms with E-state index in [1.807, 2.05) is 7.05 Å².